The number of pyridine rings is 1. The van der Waals surface area contributed by atoms with Crippen LogP contribution in [0.4, 0.5) is 0 Å². The van der Waals surface area contributed by atoms with E-state index in [2.05, 4.69) is 23.3 Å². The van der Waals surface area contributed by atoms with Gasteiger partial charge in [0.05, 0.1) is 6.07 Å². The van der Waals surface area contributed by atoms with Crippen LogP contribution in [-0.4, -0.2) is 16.4 Å². The fourth-order valence-corrected chi connectivity index (χ4v) is 2.40. The molecule has 100 valence electrons. The smallest absolute Gasteiger partial charge is 0.252 e. The average Bonchev–Trinajstić information content (AvgIpc) is 2.42. The summed E-state index contributed by atoms with van der Waals surface area (Å²) in [7, 11) is 0. The first-order valence-electron chi connectivity index (χ1n) is 6.47. The first kappa shape index (κ1) is 13.3. The SMILES string of the molecule is CC1CCC(C#N)(NC(=O)c2cc[nH]c(=O)c2)CC1. The molecular weight excluding hydrogens is 242 g/mol. The summed E-state index contributed by atoms with van der Waals surface area (Å²) < 4.78 is 0. The third-order valence-corrected chi connectivity index (χ3v) is 3.73. The molecule has 0 bridgehead atoms. The Hall–Kier alpha value is -2.09. The van der Waals surface area contributed by atoms with E-state index in [1.54, 1.807) is 0 Å². The Morgan fingerprint density at radius 1 is 1.53 bits per heavy atom. The Labute approximate surface area is 111 Å². The summed E-state index contributed by atoms with van der Waals surface area (Å²) in [4.78, 5) is 25.7. The van der Waals surface area contributed by atoms with E-state index in [9.17, 15) is 14.9 Å². The molecule has 5 heteroatoms. The number of hydrogen-bond donors (Lipinski definition) is 2. The summed E-state index contributed by atoms with van der Waals surface area (Å²) in [5, 5.41) is 12.1. The van der Waals surface area contributed by atoms with Crippen LogP contribution in [0.5, 0.6) is 0 Å². The first-order chi connectivity index (χ1) is 9.04. The van der Waals surface area contributed by atoms with E-state index >= 15 is 0 Å². The van der Waals surface area contributed by atoms with Crippen LogP contribution in [0.15, 0.2) is 23.1 Å². The van der Waals surface area contributed by atoms with Crippen LogP contribution < -0.4 is 10.9 Å². The molecule has 1 fully saturated rings. The van der Waals surface area contributed by atoms with Gasteiger partial charge < -0.3 is 10.3 Å². The van der Waals surface area contributed by atoms with E-state index in [0.717, 1.165) is 12.8 Å². The molecule has 0 spiro atoms. The zero-order chi connectivity index (χ0) is 13.9. The quantitative estimate of drug-likeness (QED) is 0.845. The molecule has 1 aromatic rings. The van der Waals surface area contributed by atoms with Gasteiger partial charge in [0.15, 0.2) is 0 Å². The Morgan fingerprint density at radius 3 is 2.79 bits per heavy atom. The maximum Gasteiger partial charge on any atom is 0.252 e. The lowest BCUT2D eigenvalue weighted by molar-refractivity contribution is 0.0893. The molecule has 1 aliphatic rings. The second-order valence-corrected chi connectivity index (χ2v) is 5.27. The monoisotopic (exact) mass is 259 g/mol. The molecule has 0 aliphatic heterocycles. The molecule has 1 heterocycles. The van der Waals surface area contributed by atoms with Gasteiger partial charge in [0.1, 0.15) is 5.54 Å². The first-order valence-corrected chi connectivity index (χ1v) is 6.47. The van der Waals surface area contributed by atoms with Crippen molar-refractivity contribution in [3.63, 3.8) is 0 Å². The van der Waals surface area contributed by atoms with Gasteiger partial charge >= 0.3 is 0 Å². The number of aromatic nitrogens is 1. The van der Waals surface area contributed by atoms with Crippen LogP contribution >= 0.6 is 0 Å². The van der Waals surface area contributed by atoms with E-state index in [-0.39, 0.29) is 17.0 Å². The van der Waals surface area contributed by atoms with E-state index in [4.69, 9.17) is 0 Å². The van der Waals surface area contributed by atoms with Crippen molar-refractivity contribution in [1.29, 1.82) is 5.26 Å². The topological polar surface area (TPSA) is 85.8 Å². The molecule has 0 unspecified atom stereocenters. The molecule has 5 nitrogen and oxygen atoms in total. The van der Waals surface area contributed by atoms with Crippen LogP contribution in [0.2, 0.25) is 0 Å². The minimum Gasteiger partial charge on any atom is -0.334 e. The summed E-state index contributed by atoms with van der Waals surface area (Å²) in [5.41, 5.74) is -0.820. The predicted octanol–water partition coefficient (Wildman–Crippen LogP) is 1.58. The van der Waals surface area contributed by atoms with Gasteiger partial charge in [-0.3, -0.25) is 9.59 Å². The fourth-order valence-electron chi connectivity index (χ4n) is 2.40. The average molecular weight is 259 g/mol. The molecule has 0 saturated heterocycles. The van der Waals surface area contributed by atoms with Crippen molar-refractivity contribution >= 4 is 5.91 Å². The minimum atomic E-state index is -0.786. The second-order valence-electron chi connectivity index (χ2n) is 5.27. The van der Waals surface area contributed by atoms with Crippen molar-refractivity contribution in [1.82, 2.24) is 10.3 Å². The number of carbonyl (C=O) groups excluding carboxylic acids is 1. The number of amides is 1. The van der Waals surface area contributed by atoms with Gasteiger partial charge in [0, 0.05) is 17.8 Å². The molecule has 1 amide bonds. The van der Waals surface area contributed by atoms with Gasteiger partial charge in [-0.05, 0) is 37.7 Å². The van der Waals surface area contributed by atoms with Crippen molar-refractivity contribution in [3.05, 3.63) is 34.2 Å². The molecule has 0 atom stereocenters. The summed E-state index contributed by atoms with van der Waals surface area (Å²) >= 11 is 0. The Morgan fingerprint density at radius 2 is 2.21 bits per heavy atom. The summed E-state index contributed by atoms with van der Waals surface area (Å²) in [6, 6.07) is 5.01. The van der Waals surface area contributed by atoms with Crippen LogP contribution in [-0.2, 0) is 0 Å². The Balaban J connectivity index is 2.13. The summed E-state index contributed by atoms with van der Waals surface area (Å²) in [5.74, 6) is 0.236. The molecule has 1 saturated carbocycles. The highest BCUT2D eigenvalue weighted by molar-refractivity contribution is 5.94. The van der Waals surface area contributed by atoms with Crippen LogP contribution in [0.25, 0.3) is 0 Å². The lowest BCUT2D eigenvalue weighted by atomic mass is 9.78. The van der Waals surface area contributed by atoms with Gasteiger partial charge in [-0.1, -0.05) is 6.92 Å². The third-order valence-electron chi connectivity index (χ3n) is 3.73. The molecule has 1 aliphatic carbocycles. The lowest BCUT2D eigenvalue weighted by Crippen LogP contribution is -2.49. The van der Waals surface area contributed by atoms with Gasteiger partial charge in [-0.15, -0.1) is 0 Å². The van der Waals surface area contributed by atoms with Crippen molar-refractivity contribution < 1.29 is 4.79 Å². The number of nitrogens with zero attached hydrogens (tertiary/aromatic N) is 1. The van der Waals surface area contributed by atoms with Gasteiger partial charge in [-0.25, -0.2) is 0 Å². The van der Waals surface area contributed by atoms with E-state index in [0.29, 0.717) is 18.8 Å². The number of hydrogen-bond acceptors (Lipinski definition) is 3. The Kier molecular flexibility index (Phi) is 3.70. The largest absolute Gasteiger partial charge is 0.334 e. The van der Waals surface area contributed by atoms with E-state index in [1.807, 2.05) is 0 Å². The van der Waals surface area contributed by atoms with Crippen molar-refractivity contribution in [2.24, 2.45) is 5.92 Å². The van der Waals surface area contributed by atoms with Gasteiger partial charge in [0.25, 0.3) is 5.91 Å². The molecule has 2 rings (SSSR count). The number of nitriles is 1. The molecule has 0 aromatic carbocycles. The standard InChI is InChI=1S/C14H17N3O2/c1-10-2-5-14(9-15,6-3-10)17-13(19)11-4-7-16-12(18)8-11/h4,7-8,10H,2-3,5-6H2,1H3,(H,16,18)(H,17,19). The predicted molar refractivity (Wildman–Crippen MR) is 70.5 cm³/mol. The Bertz CT molecular complexity index is 563. The molecular formula is C14H17N3O2. The number of aromatic amines is 1. The number of rotatable bonds is 2. The number of carbonyl (C=O) groups is 1. The highest BCUT2D eigenvalue weighted by atomic mass is 16.2. The van der Waals surface area contributed by atoms with Crippen molar-refractivity contribution in [2.45, 2.75) is 38.1 Å². The molecule has 0 radical (unpaired) electrons. The van der Waals surface area contributed by atoms with Crippen LogP contribution in [0.3, 0.4) is 0 Å². The van der Waals surface area contributed by atoms with Crippen molar-refractivity contribution in [2.75, 3.05) is 0 Å². The third kappa shape index (κ3) is 3.02. The maximum atomic E-state index is 12.1. The second kappa shape index (κ2) is 5.27. The summed E-state index contributed by atoms with van der Waals surface area (Å²) in [6.45, 7) is 2.15. The summed E-state index contributed by atoms with van der Waals surface area (Å²) in [6.07, 6.45) is 4.63. The lowest BCUT2D eigenvalue weighted by Gasteiger charge is -2.34. The van der Waals surface area contributed by atoms with E-state index in [1.165, 1.54) is 18.3 Å². The zero-order valence-electron chi connectivity index (χ0n) is 10.9. The normalized spacial score (nSPS) is 26.4. The van der Waals surface area contributed by atoms with Crippen molar-refractivity contribution in [3.8, 4) is 6.07 Å². The van der Waals surface area contributed by atoms with E-state index < -0.39 is 5.54 Å². The highest BCUT2D eigenvalue weighted by Gasteiger charge is 2.35. The zero-order valence-corrected chi connectivity index (χ0v) is 10.9. The van der Waals surface area contributed by atoms with Crippen LogP contribution in [0.1, 0.15) is 43.0 Å². The van der Waals surface area contributed by atoms with Gasteiger partial charge in [0.2, 0.25) is 5.56 Å². The fraction of sp³-hybridized carbons (Fsp3) is 0.500. The molecule has 19 heavy (non-hydrogen) atoms. The van der Waals surface area contributed by atoms with Gasteiger partial charge in [-0.2, -0.15) is 5.26 Å². The number of H-pyrrole nitrogens is 1. The maximum absolute atomic E-state index is 12.1. The molecule has 2 N–H and O–H groups in total. The highest BCUT2D eigenvalue weighted by Crippen LogP contribution is 2.31. The number of nitrogens with one attached hydrogen (secondary N) is 2. The molecule has 1 aromatic heterocycles. The van der Waals surface area contributed by atoms with Crippen LogP contribution in [0, 0.1) is 17.2 Å². The minimum absolute atomic E-state index is 0.289.